The van der Waals surface area contributed by atoms with Crippen LogP contribution in [0.2, 0.25) is 0 Å². The van der Waals surface area contributed by atoms with E-state index in [1.165, 1.54) is 58.5 Å². The standard InChI is InChI=1S/C19H29NO2S2/c1-3-4-5-6-14-7-9-15(10-8-14)16-12-23-19(24-13-16)17(11-20)18(21)22-2/h14-16H,3-10,12-13H2,1-2H3. The van der Waals surface area contributed by atoms with Crippen LogP contribution in [-0.4, -0.2) is 24.6 Å². The normalized spacial score (nSPS) is 27.4. The molecule has 0 N–H and O–H groups in total. The average molecular weight is 368 g/mol. The van der Waals surface area contributed by atoms with Gasteiger partial charge in [0.05, 0.1) is 11.3 Å². The van der Waals surface area contributed by atoms with Crippen molar-refractivity contribution >= 4 is 29.5 Å². The van der Waals surface area contributed by atoms with Crippen LogP contribution < -0.4 is 0 Å². The first-order valence-electron chi connectivity index (χ1n) is 9.17. The number of unbranched alkanes of at least 4 members (excludes halogenated alkanes) is 2. The van der Waals surface area contributed by atoms with E-state index < -0.39 is 5.97 Å². The second-order valence-corrected chi connectivity index (χ2v) is 9.24. The quantitative estimate of drug-likeness (QED) is 0.273. The van der Waals surface area contributed by atoms with Crippen LogP contribution in [0.15, 0.2) is 9.81 Å². The highest BCUT2D eigenvalue weighted by Crippen LogP contribution is 2.45. The van der Waals surface area contributed by atoms with Gasteiger partial charge in [-0.25, -0.2) is 4.79 Å². The lowest BCUT2D eigenvalue weighted by atomic mass is 9.75. The summed E-state index contributed by atoms with van der Waals surface area (Å²) in [6.45, 7) is 2.27. The van der Waals surface area contributed by atoms with Gasteiger partial charge in [0.15, 0.2) is 5.57 Å². The van der Waals surface area contributed by atoms with E-state index in [9.17, 15) is 10.1 Å². The first-order valence-corrected chi connectivity index (χ1v) is 11.1. The summed E-state index contributed by atoms with van der Waals surface area (Å²) in [5.41, 5.74) is 0.186. The molecule has 0 atom stereocenters. The van der Waals surface area contributed by atoms with Crippen molar-refractivity contribution in [1.29, 1.82) is 5.26 Å². The number of hydrogen-bond donors (Lipinski definition) is 0. The number of nitriles is 1. The van der Waals surface area contributed by atoms with Crippen LogP contribution >= 0.6 is 23.5 Å². The van der Waals surface area contributed by atoms with Gasteiger partial charge in [-0.15, -0.1) is 23.5 Å². The molecule has 1 saturated heterocycles. The predicted molar refractivity (Wildman–Crippen MR) is 103 cm³/mol. The van der Waals surface area contributed by atoms with Gasteiger partial charge in [0.1, 0.15) is 6.07 Å². The van der Waals surface area contributed by atoms with Gasteiger partial charge in [-0.2, -0.15) is 5.26 Å². The summed E-state index contributed by atoms with van der Waals surface area (Å²) in [5.74, 6) is 4.08. The maximum atomic E-state index is 11.6. The van der Waals surface area contributed by atoms with Gasteiger partial charge in [-0.1, -0.05) is 45.4 Å². The molecule has 1 heterocycles. The average Bonchev–Trinajstić information content (AvgIpc) is 2.63. The van der Waals surface area contributed by atoms with E-state index in [2.05, 4.69) is 6.92 Å². The van der Waals surface area contributed by atoms with Crippen LogP contribution in [0.5, 0.6) is 0 Å². The van der Waals surface area contributed by atoms with Crippen LogP contribution in [-0.2, 0) is 9.53 Å². The van der Waals surface area contributed by atoms with Crippen molar-refractivity contribution in [1.82, 2.24) is 0 Å². The molecule has 0 spiro atoms. The van der Waals surface area contributed by atoms with Gasteiger partial charge in [-0.05, 0) is 30.6 Å². The zero-order valence-electron chi connectivity index (χ0n) is 14.9. The number of methoxy groups -OCH3 is 1. The number of ether oxygens (including phenoxy) is 1. The largest absolute Gasteiger partial charge is 0.465 e. The third kappa shape index (κ3) is 5.46. The van der Waals surface area contributed by atoms with Crippen molar-refractivity contribution in [3.8, 4) is 6.07 Å². The fraction of sp³-hybridized carbons (Fsp3) is 0.789. The van der Waals surface area contributed by atoms with Gasteiger partial charge < -0.3 is 4.74 Å². The molecule has 134 valence electrons. The lowest BCUT2D eigenvalue weighted by Crippen LogP contribution is -2.27. The Morgan fingerprint density at radius 1 is 1.17 bits per heavy atom. The van der Waals surface area contributed by atoms with Crippen LogP contribution in [0, 0.1) is 29.1 Å². The second kappa shape index (κ2) is 10.4. The SMILES string of the molecule is CCCCCC1CCC(C2CSC(=C(C#N)C(=O)OC)SC2)CC1. The first kappa shape index (κ1) is 19.7. The molecular formula is C19H29NO2S2. The van der Waals surface area contributed by atoms with E-state index in [-0.39, 0.29) is 5.57 Å². The van der Waals surface area contributed by atoms with Crippen LogP contribution in [0.4, 0.5) is 0 Å². The Hall–Kier alpha value is -0.600. The monoisotopic (exact) mass is 367 g/mol. The van der Waals surface area contributed by atoms with Crippen molar-refractivity contribution in [2.45, 2.75) is 58.3 Å². The minimum atomic E-state index is -0.501. The smallest absolute Gasteiger partial charge is 0.350 e. The molecule has 0 amide bonds. The maximum Gasteiger partial charge on any atom is 0.350 e. The van der Waals surface area contributed by atoms with Gasteiger partial charge in [0, 0.05) is 11.5 Å². The Kier molecular flexibility index (Phi) is 8.55. The van der Waals surface area contributed by atoms with Crippen molar-refractivity contribution in [3.63, 3.8) is 0 Å². The molecule has 1 saturated carbocycles. The summed E-state index contributed by atoms with van der Waals surface area (Å²) in [6, 6.07) is 2.01. The molecule has 24 heavy (non-hydrogen) atoms. The Morgan fingerprint density at radius 3 is 2.38 bits per heavy atom. The number of rotatable bonds is 6. The molecule has 3 nitrogen and oxygen atoms in total. The fourth-order valence-electron chi connectivity index (χ4n) is 3.78. The molecule has 0 aromatic heterocycles. The van der Waals surface area contributed by atoms with E-state index in [4.69, 9.17) is 4.74 Å². The lowest BCUT2D eigenvalue weighted by molar-refractivity contribution is -0.135. The molecule has 0 radical (unpaired) electrons. The highest BCUT2D eigenvalue weighted by atomic mass is 32.2. The predicted octanol–water partition coefficient (Wildman–Crippen LogP) is 5.38. The van der Waals surface area contributed by atoms with E-state index >= 15 is 0 Å². The molecule has 0 bridgehead atoms. The number of hydrogen-bond acceptors (Lipinski definition) is 5. The summed E-state index contributed by atoms with van der Waals surface area (Å²) in [7, 11) is 1.33. The molecule has 0 aromatic carbocycles. The van der Waals surface area contributed by atoms with E-state index in [1.807, 2.05) is 6.07 Å². The van der Waals surface area contributed by atoms with Crippen molar-refractivity contribution in [3.05, 3.63) is 9.81 Å². The summed E-state index contributed by atoms with van der Waals surface area (Å²) in [4.78, 5) is 11.6. The number of thioether (sulfide) groups is 2. The highest BCUT2D eigenvalue weighted by molar-refractivity contribution is 8.22. The van der Waals surface area contributed by atoms with Crippen molar-refractivity contribution < 1.29 is 9.53 Å². The summed E-state index contributed by atoms with van der Waals surface area (Å²) in [5, 5.41) is 9.18. The molecule has 2 fully saturated rings. The molecule has 2 rings (SSSR count). The Balaban J connectivity index is 1.78. The minimum absolute atomic E-state index is 0.186. The molecule has 5 heteroatoms. The minimum Gasteiger partial charge on any atom is -0.465 e. The van der Waals surface area contributed by atoms with E-state index in [0.29, 0.717) is 0 Å². The third-order valence-electron chi connectivity index (χ3n) is 5.34. The number of esters is 1. The Morgan fingerprint density at radius 2 is 1.83 bits per heavy atom. The number of carbonyl (C=O) groups is 1. The van der Waals surface area contributed by atoms with Crippen LogP contribution in [0.1, 0.15) is 58.3 Å². The molecule has 1 aliphatic heterocycles. The van der Waals surface area contributed by atoms with Gasteiger partial charge >= 0.3 is 5.97 Å². The summed E-state index contributed by atoms with van der Waals surface area (Å²) >= 11 is 3.36. The van der Waals surface area contributed by atoms with Crippen molar-refractivity contribution in [2.24, 2.45) is 17.8 Å². The Labute approximate surface area is 155 Å². The molecule has 0 unspecified atom stereocenters. The lowest BCUT2D eigenvalue weighted by Gasteiger charge is -2.36. The molecule has 1 aliphatic carbocycles. The highest BCUT2D eigenvalue weighted by Gasteiger charge is 2.31. The fourth-order valence-corrected chi connectivity index (χ4v) is 6.73. The number of carbonyl (C=O) groups excluding carboxylic acids is 1. The second-order valence-electron chi connectivity index (χ2n) is 6.92. The zero-order valence-corrected chi connectivity index (χ0v) is 16.5. The maximum absolute atomic E-state index is 11.6. The molecular weight excluding hydrogens is 338 g/mol. The topological polar surface area (TPSA) is 50.1 Å². The summed E-state index contributed by atoms with van der Waals surface area (Å²) < 4.78 is 5.56. The third-order valence-corrected chi connectivity index (χ3v) is 8.17. The van der Waals surface area contributed by atoms with E-state index in [1.54, 1.807) is 23.5 Å². The van der Waals surface area contributed by atoms with E-state index in [0.717, 1.165) is 33.5 Å². The van der Waals surface area contributed by atoms with Crippen LogP contribution in [0.25, 0.3) is 0 Å². The van der Waals surface area contributed by atoms with Crippen LogP contribution in [0.3, 0.4) is 0 Å². The van der Waals surface area contributed by atoms with Gasteiger partial charge in [-0.3, -0.25) is 0 Å². The van der Waals surface area contributed by atoms with Crippen molar-refractivity contribution in [2.75, 3.05) is 18.6 Å². The van der Waals surface area contributed by atoms with Gasteiger partial charge in [0.25, 0.3) is 0 Å². The first-order chi connectivity index (χ1) is 11.7. The molecule has 2 aliphatic rings. The Bertz CT molecular complexity index is 480. The summed E-state index contributed by atoms with van der Waals surface area (Å²) in [6.07, 6.45) is 11.0. The number of nitrogens with zero attached hydrogens (tertiary/aromatic N) is 1. The van der Waals surface area contributed by atoms with Gasteiger partial charge in [0.2, 0.25) is 0 Å². The molecule has 0 aromatic rings. The zero-order chi connectivity index (χ0) is 17.4.